The Labute approximate surface area is 149 Å². The lowest BCUT2D eigenvalue weighted by atomic mass is 10.1. The molecule has 138 valence electrons. The van der Waals surface area contributed by atoms with Crippen LogP contribution in [-0.2, 0) is 20.7 Å². The molecule has 1 aromatic carbocycles. The predicted octanol–water partition coefficient (Wildman–Crippen LogP) is 1.49. The van der Waals surface area contributed by atoms with Gasteiger partial charge >= 0.3 is 5.97 Å². The number of hydrogen-bond donors (Lipinski definition) is 2. The molecule has 1 amide bonds. The molecule has 1 fully saturated rings. The van der Waals surface area contributed by atoms with Crippen molar-refractivity contribution in [2.75, 3.05) is 32.1 Å². The SMILES string of the molecule is CCCN(C(=O)CNC1CC1)c1ccc(CC(NC)C(=O)OC)cc1. The molecule has 0 aromatic heterocycles. The van der Waals surface area contributed by atoms with E-state index in [0.717, 1.165) is 17.7 Å². The number of ether oxygens (including phenoxy) is 1. The highest BCUT2D eigenvalue weighted by Gasteiger charge is 2.23. The number of rotatable bonds is 10. The van der Waals surface area contributed by atoms with E-state index in [1.807, 2.05) is 29.2 Å². The highest BCUT2D eigenvalue weighted by atomic mass is 16.5. The van der Waals surface area contributed by atoms with Crippen molar-refractivity contribution in [2.45, 2.75) is 44.7 Å². The first-order valence-electron chi connectivity index (χ1n) is 8.96. The summed E-state index contributed by atoms with van der Waals surface area (Å²) in [6.07, 6.45) is 3.79. The van der Waals surface area contributed by atoms with Gasteiger partial charge in [-0.05, 0) is 50.4 Å². The quantitative estimate of drug-likeness (QED) is 0.628. The van der Waals surface area contributed by atoms with Gasteiger partial charge in [-0.1, -0.05) is 19.1 Å². The topological polar surface area (TPSA) is 70.7 Å². The lowest BCUT2D eigenvalue weighted by molar-refractivity contribution is -0.142. The van der Waals surface area contributed by atoms with Crippen molar-refractivity contribution in [1.29, 1.82) is 0 Å². The lowest BCUT2D eigenvalue weighted by Crippen LogP contribution is -2.39. The molecule has 1 unspecified atom stereocenters. The summed E-state index contributed by atoms with van der Waals surface area (Å²) in [5.41, 5.74) is 1.92. The van der Waals surface area contributed by atoms with Crippen LogP contribution in [0.3, 0.4) is 0 Å². The number of carbonyl (C=O) groups is 2. The summed E-state index contributed by atoms with van der Waals surface area (Å²) >= 11 is 0. The third-order valence-electron chi connectivity index (χ3n) is 4.39. The van der Waals surface area contributed by atoms with Crippen LogP contribution >= 0.6 is 0 Å². The summed E-state index contributed by atoms with van der Waals surface area (Å²) < 4.78 is 4.79. The molecule has 0 heterocycles. The largest absolute Gasteiger partial charge is 0.468 e. The monoisotopic (exact) mass is 347 g/mol. The van der Waals surface area contributed by atoms with Crippen molar-refractivity contribution in [3.8, 4) is 0 Å². The molecule has 1 aliphatic rings. The van der Waals surface area contributed by atoms with E-state index in [-0.39, 0.29) is 17.9 Å². The summed E-state index contributed by atoms with van der Waals surface area (Å²) in [5.74, 6) is -0.176. The number of methoxy groups -OCH3 is 1. The Morgan fingerprint density at radius 1 is 1.28 bits per heavy atom. The molecule has 1 aliphatic carbocycles. The highest BCUT2D eigenvalue weighted by Crippen LogP contribution is 2.20. The molecular weight excluding hydrogens is 318 g/mol. The highest BCUT2D eigenvalue weighted by molar-refractivity contribution is 5.94. The lowest BCUT2D eigenvalue weighted by Gasteiger charge is -2.23. The van der Waals surface area contributed by atoms with Crippen LogP contribution in [0.4, 0.5) is 5.69 Å². The Kier molecular flexibility index (Phi) is 7.40. The van der Waals surface area contributed by atoms with Crippen LogP contribution in [0.25, 0.3) is 0 Å². The molecule has 6 nitrogen and oxygen atoms in total. The van der Waals surface area contributed by atoms with Crippen molar-refractivity contribution in [1.82, 2.24) is 10.6 Å². The molecular formula is C19H29N3O3. The maximum absolute atomic E-state index is 12.5. The predicted molar refractivity (Wildman–Crippen MR) is 98.7 cm³/mol. The Bertz CT molecular complexity index is 570. The van der Waals surface area contributed by atoms with E-state index in [0.29, 0.717) is 25.6 Å². The Hall–Kier alpha value is -1.92. The average molecular weight is 347 g/mol. The minimum Gasteiger partial charge on any atom is -0.468 e. The number of likely N-dealkylation sites (N-methyl/N-ethyl adjacent to an activating group) is 1. The zero-order valence-corrected chi connectivity index (χ0v) is 15.4. The number of nitrogens with one attached hydrogen (secondary N) is 2. The van der Waals surface area contributed by atoms with Gasteiger partial charge in [-0.3, -0.25) is 9.59 Å². The van der Waals surface area contributed by atoms with Crippen LogP contribution in [0.5, 0.6) is 0 Å². The second-order valence-electron chi connectivity index (χ2n) is 6.44. The molecule has 0 aliphatic heterocycles. The zero-order chi connectivity index (χ0) is 18.2. The summed E-state index contributed by atoms with van der Waals surface area (Å²) in [7, 11) is 3.13. The maximum Gasteiger partial charge on any atom is 0.323 e. The van der Waals surface area contributed by atoms with Gasteiger partial charge in [-0.15, -0.1) is 0 Å². The number of amides is 1. The fraction of sp³-hybridized carbons (Fsp3) is 0.579. The molecule has 1 aromatic rings. The van der Waals surface area contributed by atoms with Gasteiger partial charge in [0.05, 0.1) is 13.7 Å². The molecule has 25 heavy (non-hydrogen) atoms. The number of benzene rings is 1. The first-order chi connectivity index (χ1) is 12.1. The van der Waals surface area contributed by atoms with E-state index in [9.17, 15) is 9.59 Å². The fourth-order valence-corrected chi connectivity index (χ4v) is 2.73. The van der Waals surface area contributed by atoms with Crippen molar-refractivity contribution < 1.29 is 14.3 Å². The summed E-state index contributed by atoms with van der Waals surface area (Å²) in [6, 6.07) is 7.98. The fourth-order valence-electron chi connectivity index (χ4n) is 2.73. The van der Waals surface area contributed by atoms with E-state index in [4.69, 9.17) is 4.74 Å². The van der Waals surface area contributed by atoms with Gasteiger partial charge in [0, 0.05) is 18.3 Å². The van der Waals surface area contributed by atoms with Gasteiger partial charge in [-0.25, -0.2) is 0 Å². The summed E-state index contributed by atoms with van der Waals surface area (Å²) in [4.78, 5) is 26.0. The van der Waals surface area contributed by atoms with Crippen LogP contribution in [0.1, 0.15) is 31.7 Å². The second kappa shape index (κ2) is 9.53. The third kappa shape index (κ3) is 5.83. The van der Waals surface area contributed by atoms with E-state index in [1.54, 1.807) is 7.05 Å². The standard InChI is InChI=1S/C19H29N3O3/c1-4-11-22(18(23)13-21-15-7-8-15)16-9-5-14(6-10-16)12-17(20-2)19(24)25-3/h5-6,9-10,15,17,20-21H,4,7-8,11-13H2,1-3H3. The third-order valence-corrected chi connectivity index (χ3v) is 4.39. The minimum absolute atomic E-state index is 0.101. The molecule has 1 atom stereocenters. The minimum atomic E-state index is -0.369. The molecule has 2 N–H and O–H groups in total. The summed E-state index contributed by atoms with van der Waals surface area (Å²) in [6.45, 7) is 3.15. The average Bonchev–Trinajstić information content (AvgIpc) is 3.46. The summed E-state index contributed by atoms with van der Waals surface area (Å²) in [5, 5.41) is 6.24. The zero-order valence-electron chi connectivity index (χ0n) is 15.4. The van der Waals surface area contributed by atoms with Gasteiger partial charge < -0.3 is 20.3 Å². The van der Waals surface area contributed by atoms with Crippen molar-refractivity contribution in [3.05, 3.63) is 29.8 Å². The molecule has 0 radical (unpaired) electrons. The number of hydrogen-bond acceptors (Lipinski definition) is 5. The molecule has 0 bridgehead atoms. The van der Waals surface area contributed by atoms with Crippen molar-refractivity contribution >= 4 is 17.6 Å². The molecule has 6 heteroatoms. The second-order valence-corrected chi connectivity index (χ2v) is 6.44. The molecule has 0 saturated heterocycles. The number of nitrogens with zero attached hydrogens (tertiary/aromatic N) is 1. The van der Waals surface area contributed by atoms with E-state index >= 15 is 0 Å². The van der Waals surface area contributed by atoms with Crippen LogP contribution in [0.15, 0.2) is 24.3 Å². The van der Waals surface area contributed by atoms with Gasteiger partial charge in [0.1, 0.15) is 6.04 Å². The van der Waals surface area contributed by atoms with Gasteiger partial charge in [0.15, 0.2) is 0 Å². The van der Waals surface area contributed by atoms with Gasteiger partial charge in [0.25, 0.3) is 0 Å². The number of esters is 1. The number of anilines is 1. The normalized spacial score (nSPS) is 14.8. The maximum atomic E-state index is 12.5. The van der Waals surface area contributed by atoms with Crippen LogP contribution < -0.4 is 15.5 Å². The Morgan fingerprint density at radius 2 is 1.96 bits per heavy atom. The van der Waals surface area contributed by atoms with Crippen molar-refractivity contribution in [2.24, 2.45) is 0 Å². The number of carbonyl (C=O) groups excluding carboxylic acids is 2. The van der Waals surface area contributed by atoms with E-state index in [1.165, 1.54) is 20.0 Å². The first-order valence-corrected chi connectivity index (χ1v) is 8.96. The van der Waals surface area contributed by atoms with Crippen LogP contribution in [0, 0.1) is 0 Å². The van der Waals surface area contributed by atoms with E-state index in [2.05, 4.69) is 17.6 Å². The molecule has 0 spiro atoms. The van der Waals surface area contributed by atoms with Crippen molar-refractivity contribution in [3.63, 3.8) is 0 Å². The smallest absolute Gasteiger partial charge is 0.323 e. The Balaban J connectivity index is 2.01. The van der Waals surface area contributed by atoms with Crippen LogP contribution in [-0.4, -0.2) is 51.2 Å². The van der Waals surface area contributed by atoms with Crippen LogP contribution in [0.2, 0.25) is 0 Å². The Morgan fingerprint density at radius 3 is 2.48 bits per heavy atom. The van der Waals surface area contributed by atoms with Gasteiger partial charge in [0.2, 0.25) is 5.91 Å². The molecule has 2 rings (SSSR count). The first kappa shape index (κ1) is 19.4. The van der Waals surface area contributed by atoms with E-state index < -0.39 is 0 Å². The van der Waals surface area contributed by atoms with Gasteiger partial charge in [-0.2, -0.15) is 0 Å². The molecule has 1 saturated carbocycles.